The number of hydrogen-bond acceptors (Lipinski definition) is 3. The van der Waals surface area contributed by atoms with Gasteiger partial charge in [-0.25, -0.2) is 0 Å². The fourth-order valence-corrected chi connectivity index (χ4v) is 0.906. The lowest BCUT2D eigenvalue weighted by molar-refractivity contribution is -0.139. The number of carbonyl (C=O) groups excluding carboxylic acids is 1. The van der Waals surface area contributed by atoms with Crippen LogP contribution >= 0.6 is 0 Å². The number of rotatable bonds is 6. The number of amides is 1. The molecule has 13 heavy (non-hydrogen) atoms. The minimum absolute atomic E-state index is 0.118. The van der Waals surface area contributed by atoms with Crippen LogP contribution in [-0.2, 0) is 9.59 Å². The van der Waals surface area contributed by atoms with Crippen LogP contribution < -0.4 is 5.32 Å². The Morgan fingerprint density at radius 3 is 2.54 bits per heavy atom. The molecule has 0 radical (unpaired) electrons. The molecule has 1 amide bonds. The van der Waals surface area contributed by atoms with Crippen molar-refractivity contribution in [3.05, 3.63) is 0 Å². The molecule has 0 saturated heterocycles. The molecular formula is C8H15NO4. The second-order valence-electron chi connectivity index (χ2n) is 2.88. The quantitative estimate of drug-likeness (QED) is 0.502. The van der Waals surface area contributed by atoms with Crippen molar-refractivity contribution in [3.8, 4) is 0 Å². The number of aliphatic carboxylic acids is 1. The van der Waals surface area contributed by atoms with Gasteiger partial charge in [-0.15, -0.1) is 0 Å². The van der Waals surface area contributed by atoms with E-state index < -0.39 is 12.1 Å². The van der Waals surface area contributed by atoms with Crippen LogP contribution in [0.1, 0.15) is 26.2 Å². The molecule has 0 aliphatic carbocycles. The monoisotopic (exact) mass is 189 g/mol. The van der Waals surface area contributed by atoms with E-state index in [4.69, 9.17) is 10.2 Å². The third-order valence-electron chi connectivity index (χ3n) is 1.50. The number of carboxylic acids is 1. The number of nitrogens with one attached hydrogen (secondary N) is 1. The molecule has 76 valence electrons. The van der Waals surface area contributed by atoms with E-state index in [0.29, 0.717) is 19.4 Å². The molecule has 0 fully saturated rings. The molecule has 0 heterocycles. The standard InChI is InChI=1S/C8H15NO4/c1-6(10)9-4-2-3-7(11)5-8(12)13/h7,11H,2-5H2,1H3,(H,9,10)(H,12,13)/t7-/m0/s1. The maximum Gasteiger partial charge on any atom is 0.305 e. The molecule has 5 nitrogen and oxygen atoms in total. The third-order valence-corrected chi connectivity index (χ3v) is 1.50. The zero-order chi connectivity index (χ0) is 10.3. The van der Waals surface area contributed by atoms with E-state index in [-0.39, 0.29) is 12.3 Å². The second-order valence-corrected chi connectivity index (χ2v) is 2.88. The van der Waals surface area contributed by atoms with E-state index in [1.165, 1.54) is 6.92 Å². The van der Waals surface area contributed by atoms with Gasteiger partial charge in [-0.3, -0.25) is 9.59 Å². The predicted octanol–water partition coefficient (Wildman–Crippen LogP) is -0.262. The number of carbonyl (C=O) groups is 2. The minimum Gasteiger partial charge on any atom is -0.481 e. The van der Waals surface area contributed by atoms with Crippen LogP contribution in [-0.4, -0.2) is 34.7 Å². The van der Waals surface area contributed by atoms with Crippen molar-refractivity contribution >= 4 is 11.9 Å². The van der Waals surface area contributed by atoms with Gasteiger partial charge in [0.2, 0.25) is 5.91 Å². The first-order valence-electron chi connectivity index (χ1n) is 4.16. The molecule has 3 N–H and O–H groups in total. The number of aliphatic hydroxyl groups excluding tert-OH is 1. The van der Waals surface area contributed by atoms with Crippen LogP contribution in [0.2, 0.25) is 0 Å². The van der Waals surface area contributed by atoms with Gasteiger partial charge >= 0.3 is 5.97 Å². The Bertz CT molecular complexity index is 181. The van der Waals surface area contributed by atoms with Crippen molar-refractivity contribution < 1.29 is 19.8 Å². The van der Waals surface area contributed by atoms with E-state index in [1.807, 2.05) is 0 Å². The maximum absolute atomic E-state index is 10.4. The summed E-state index contributed by atoms with van der Waals surface area (Å²) in [5.74, 6) is -1.13. The van der Waals surface area contributed by atoms with Crippen molar-refractivity contribution in [2.75, 3.05) is 6.54 Å². The van der Waals surface area contributed by atoms with E-state index >= 15 is 0 Å². The number of aliphatic hydroxyl groups is 1. The first-order chi connectivity index (χ1) is 6.02. The normalized spacial score (nSPS) is 12.2. The van der Waals surface area contributed by atoms with E-state index in [1.54, 1.807) is 0 Å². The highest BCUT2D eigenvalue weighted by Gasteiger charge is 2.08. The van der Waals surface area contributed by atoms with Crippen LogP contribution in [0.25, 0.3) is 0 Å². The Hall–Kier alpha value is -1.10. The van der Waals surface area contributed by atoms with Gasteiger partial charge < -0.3 is 15.5 Å². The number of carboxylic acid groups (broad SMARTS) is 1. The highest BCUT2D eigenvalue weighted by Crippen LogP contribution is 2.00. The highest BCUT2D eigenvalue weighted by molar-refractivity contribution is 5.72. The van der Waals surface area contributed by atoms with Crippen molar-refractivity contribution in [2.45, 2.75) is 32.3 Å². The first-order valence-corrected chi connectivity index (χ1v) is 4.16. The van der Waals surface area contributed by atoms with Crippen LogP contribution in [0.5, 0.6) is 0 Å². The molecule has 1 atom stereocenters. The molecule has 0 unspecified atom stereocenters. The highest BCUT2D eigenvalue weighted by atomic mass is 16.4. The van der Waals surface area contributed by atoms with Crippen LogP contribution in [0.4, 0.5) is 0 Å². The van der Waals surface area contributed by atoms with E-state index in [2.05, 4.69) is 5.32 Å². The Morgan fingerprint density at radius 2 is 2.08 bits per heavy atom. The Kier molecular flexibility index (Phi) is 5.88. The zero-order valence-corrected chi connectivity index (χ0v) is 7.62. The smallest absolute Gasteiger partial charge is 0.305 e. The summed E-state index contributed by atoms with van der Waals surface area (Å²) in [5.41, 5.74) is 0. The molecule has 0 aliphatic heterocycles. The van der Waals surface area contributed by atoms with Gasteiger partial charge in [0.15, 0.2) is 0 Å². The first kappa shape index (κ1) is 11.9. The average molecular weight is 189 g/mol. The Balaban J connectivity index is 3.31. The predicted molar refractivity (Wildman–Crippen MR) is 46.2 cm³/mol. The fraction of sp³-hybridized carbons (Fsp3) is 0.750. The van der Waals surface area contributed by atoms with Gasteiger partial charge in [0, 0.05) is 13.5 Å². The van der Waals surface area contributed by atoms with Gasteiger partial charge in [0.25, 0.3) is 0 Å². The molecule has 0 aromatic carbocycles. The lowest BCUT2D eigenvalue weighted by atomic mass is 10.1. The van der Waals surface area contributed by atoms with Gasteiger partial charge in [0.1, 0.15) is 0 Å². The lowest BCUT2D eigenvalue weighted by Crippen LogP contribution is -2.22. The zero-order valence-electron chi connectivity index (χ0n) is 7.62. The van der Waals surface area contributed by atoms with Gasteiger partial charge in [0.05, 0.1) is 12.5 Å². The minimum atomic E-state index is -1.01. The SMILES string of the molecule is CC(=O)NCCC[C@H](O)CC(=O)O. The summed E-state index contributed by atoms with van der Waals surface area (Å²) in [4.78, 5) is 20.5. The van der Waals surface area contributed by atoms with E-state index in [9.17, 15) is 9.59 Å². The molecule has 5 heteroatoms. The summed E-state index contributed by atoms with van der Waals surface area (Å²) in [6.45, 7) is 1.89. The molecule has 0 spiro atoms. The summed E-state index contributed by atoms with van der Waals surface area (Å²) in [6.07, 6.45) is -0.0630. The Labute approximate surface area is 76.8 Å². The Morgan fingerprint density at radius 1 is 1.46 bits per heavy atom. The molecule has 0 aliphatic rings. The number of hydrogen-bond donors (Lipinski definition) is 3. The second kappa shape index (κ2) is 6.42. The fourth-order valence-electron chi connectivity index (χ4n) is 0.906. The van der Waals surface area contributed by atoms with Crippen molar-refractivity contribution in [2.24, 2.45) is 0 Å². The topological polar surface area (TPSA) is 86.6 Å². The van der Waals surface area contributed by atoms with Crippen LogP contribution in [0.15, 0.2) is 0 Å². The van der Waals surface area contributed by atoms with Gasteiger partial charge in [-0.05, 0) is 12.8 Å². The molecular weight excluding hydrogens is 174 g/mol. The molecule has 0 saturated carbocycles. The van der Waals surface area contributed by atoms with E-state index in [0.717, 1.165) is 0 Å². The van der Waals surface area contributed by atoms with Crippen molar-refractivity contribution in [3.63, 3.8) is 0 Å². The summed E-state index contributed by atoms with van der Waals surface area (Å²) in [7, 11) is 0. The molecule has 0 rings (SSSR count). The largest absolute Gasteiger partial charge is 0.481 e. The van der Waals surface area contributed by atoms with Gasteiger partial charge in [-0.2, -0.15) is 0 Å². The molecule has 0 aromatic heterocycles. The van der Waals surface area contributed by atoms with Crippen molar-refractivity contribution in [1.29, 1.82) is 0 Å². The summed E-state index contributed by atoms with van der Waals surface area (Å²) in [5, 5.41) is 19.9. The molecule has 0 aromatic rings. The molecule has 0 bridgehead atoms. The van der Waals surface area contributed by atoms with Crippen LogP contribution in [0, 0.1) is 0 Å². The summed E-state index contributed by atoms with van der Waals surface area (Å²) in [6, 6.07) is 0. The average Bonchev–Trinajstić information content (AvgIpc) is 1.96. The van der Waals surface area contributed by atoms with Gasteiger partial charge in [-0.1, -0.05) is 0 Å². The van der Waals surface area contributed by atoms with Crippen molar-refractivity contribution in [1.82, 2.24) is 5.32 Å². The summed E-state index contributed by atoms with van der Waals surface area (Å²) >= 11 is 0. The lowest BCUT2D eigenvalue weighted by Gasteiger charge is -2.07. The maximum atomic E-state index is 10.4. The third kappa shape index (κ3) is 8.81. The summed E-state index contributed by atoms with van der Waals surface area (Å²) < 4.78 is 0. The van der Waals surface area contributed by atoms with Crippen LogP contribution in [0.3, 0.4) is 0 Å².